The molecule has 1 aliphatic carbocycles. The van der Waals surface area contributed by atoms with Gasteiger partial charge in [-0.15, -0.1) is 0 Å². The summed E-state index contributed by atoms with van der Waals surface area (Å²) in [7, 11) is 3.40. The quantitative estimate of drug-likeness (QED) is 0.754. The molecule has 0 unspecified atom stereocenters. The Labute approximate surface area is 153 Å². The van der Waals surface area contributed by atoms with Crippen molar-refractivity contribution in [2.75, 3.05) is 20.8 Å². The van der Waals surface area contributed by atoms with Gasteiger partial charge in [-0.25, -0.2) is 4.39 Å². The topological polar surface area (TPSA) is 38.8 Å². The van der Waals surface area contributed by atoms with E-state index in [1.165, 1.54) is 12.1 Å². The monoisotopic (exact) mass is 357 g/mol. The highest BCUT2D eigenvalue weighted by molar-refractivity contribution is 5.91. The van der Waals surface area contributed by atoms with Gasteiger partial charge in [0.2, 0.25) is 5.91 Å². The molecule has 26 heavy (non-hydrogen) atoms. The second kappa shape index (κ2) is 7.36. The van der Waals surface area contributed by atoms with Crippen molar-refractivity contribution < 1.29 is 18.7 Å². The lowest BCUT2D eigenvalue weighted by molar-refractivity contribution is -0.133. The van der Waals surface area contributed by atoms with Gasteiger partial charge in [-0.1, -0.05) is 18.2 Å². The Bertz CT molecular complexity index is 784. The van der Waals surface area contributed by atoms with Gasteiger partial charge in [-0.05, 0) is 55.2 Å². The maximum absolute atomic E-state index is 13.2. The van der Waals surface area contributed by atoms with Crippen LogP contribution in [0.2, 0.25) is 0 Å². The average molecular weight is 357 g/mol. The van der Waals surface area contributed by atoms with Crippen molar-refractivity contribution in [2.24, 2.45) is 0 Å². The highest BCUT2D eigenvalue weighted by Crippen LogP contribution is 2.49. The summed E-state index contributed by atoms with van der Waals surface area (Å²) in [5.74, 6) is 1.13. The molecule has 2 aromatic carbocycles. The van der Waals surface area contributed by atoms with Crippen molar-refractivity contribution in [1.82, 2.24) is 4.90 Å². The number of amides is 1. The summed E-state index contributed by atoms with van der Waals surface area (Å²) in [6.07, 6.45) is 1.60. The minimum Gasteiger partial charge on any atom is -0.493 e. The molecular formula is C21H24FNO3. The molecule has 0 saturated heterocycles. The van der Waals surface area contributed by atoms with Crippen LogP contribution in [0.1, 0.15) is 30.9 Å². The number of hydrogen-bond donors (Lipinski definition) is 0. The number of halogens is 1. The molecule has 0 aromatic heterocycles. The predicted octanol–water partition coefficient (Wildman–Crippen LogP) is 3.92. The smallest absolute Gasteiger partial charge is 0.233 e. The Morgan fingerprint density at radius 1 is 1.15 bits per heavy atom. The van der Waals surface area contributed by atoms with Crippen LogP contribution in [0.5, 0.6) is 11.5 Å². The zero-order valence-electron chi connectivity index (χ0n) is 15.4. The number of nitrogens with zero attached hydrogens (tertiary/aromatic N) is 1. The Kier molecular flexibility index (Phi) is 5.16. The first kappa shape index (κ1) is 18.2. The maximum Gasteiger partial charge on any atom is 0.233 e. The average Bonchev–Trinajstić information content (AvgIpc) is 3.45. The Morgan fingerprint density at radius 3 is 2.42 bits per heavy atom. The molecule has 1 fully saturated rings. The first-order chi connectivity index (χ1) is 12.5. The van der Waals surface area contributed by atoms with Crippen LogP contribution in [0.3, 0.4) is 0 Å². The highest BCUT2D eigenvalue weighted by Gasteiger charge is 2.52. The predicted molar refractivity (Wildman–Crippen MR) is 97.9 cm³/mol. The van der Waals surface area contributed by atoms with Crippen molar-refractivity contribution in [1.29, 1.82) is 0 Å². The van der Waals surface area contributed by atoms with Crippen LogP contribution in [0.4, 0.5) is 4.39 Å². The van der Waals surface area contributed by atoms with Gasteiger partial charge < -0.3 is 14.4 Å². The first-order valence-electron chi connectivity index (χ1n) is 8.81. The third-order valence-electron chi connectivity index (χ3n) is 4.85. The molecule has 0 aliphatic heterocycles. The van der Waals surface area contributed by atoms with Gasteiger partial charge in [0.15, 0.2) is 11.5 Å². The Morgan fingerprint density at radius 2 is 1.85 bits per heavy atom. The number of methoxy groups -OCH3 is 1. The van der Waals surface area contributed by atoms with E-state index in [2.05, 4.69) is 0 Å². The fourth-order valence-corrected chi connectivity index (χ4v) is 3.32. The molecule has 1 amide bonds. The molecule has 0 radical (unpaired) electrons. The standard InChI is InChI=1S/C21H24FNO3/c1-4-26-18-10-5-15(13-19(18)25-3)14-23(2)20(24)21(11-12-21)16-6-8-17(22)9-7-16/h5-10,13H,4,11-12,14H2,1-3H3. The van der Waals surface area contributed by atoms with Gasteiger partial charge in [0.1, 0.15) is 5.82 Å². The van der Waals surface area contributed by atoms with E-state index in [-0.39, 0.29) is 11.7 Å². The third kappa shape index (κ3) is 3.52. The van der Waals surface area contributed by atoms with Gasteiger partial charge in [-0.2, -0.15) is 0 Å². The molecule has 3 rings (SSSR count). The minimum absolute atomic E-state index is 0.0666. The number of hydrogen-bond acceptors (Lipinski definition) is 3. The summed E-state index contributed by atoms with van der Waals surface area (Å²) >= 11 is 0. The van der Waals surface area contributed by atoms with Gasteiger partial charge in [0.05, 0.1) is 19.1 Å². The number of rotatable bonds is 7. The third-order valence-corrected chi connectivity index (χ3v) is 4.85. The normalized spacial score (nSPS) is 14.6. The van der Waals surface area contributed by atoms with Crippen LogP contribution in [-0.2, 0) is 16.8 Å². The van der Waals surface area contributed by atoms with Gasteiger partial charge >= 0.3 is 0 Å². The highest BCUT2D eigenvalue weighted by atomic mass is 19.1. The second-order valence-corrected chi connectivity index (χ2v) is 6.67. The molecular weight excluding hydrogens is 333 g/mol. The van der Waals surface area contributed by atoms with Crippen LogP contribution < -0.4 is 9.47 Å². The lowest BCUT2D eigenvalue weighted by Gasteiger charge is -2.24. The molecule has 138 valence electrons. The number of carbonyl (C=O) groups excluding carboxylic acids is 1. The van der Waals surface area contributed by atoms with E-state index in [1.807, 2.05) is 25.1 Å². The van der Waals surface area contributed by atoms with Crippen LogP contribution in [0, 0.1) is 5.82 Å². The van der Waals surface area contributed by atoms with E-state index in [0.29, 0.717) is 24.7 Å². The summed E-state index contributed by atoms with van der Waals surface area (Å²) in [6.45, 7) is 2.96. The molecule has 0 N–H and O–H groups in total. The fourth-order valence-electron chi connectivity index (χ4n) is 3.32. The molecule has 2 aromatic rings. The van der Waals surface area contributed by atoms with Crippen LogP contribution in [-0.4, -0.2) is 31.6 Å². The lowest BCUT2D eigenvalue weighted by atomic mass is 9.94. The van der Waals surface area contributed by atoms with Gasteiger partial charge in [0.25, 0.3) is 0 Å². The van der Waals surface area contributed by atoms with E-state index in [4.69, 9.17) is 9.47 Å². The second-order valence-electron chi connectivity index (χ2n) is 6.67. The van der Waals surface area contributed by atoms with Crippen LogP contribution in [0.25, 0.3) is 0 Å². The molecule has 0 atom stereocenters. The zero-order valence-corrected chi connectivity index (χ0v) is 15.4. The van der Waals surface area contributed by atoms with Crippen LogP contribution >= 0.6 is 0 Å². The Balaban J connectivity index is 1.74. The molecule has 1 saturated carbocycles. The lowest BCUT2D eigenvalue weighted by Crippen LogP contribution is -2.36. The number of likely N-dealkylation sites (N-methyl/N-ethyl adjacent to an activating group) is 1. The van der Waals surface area contributed by atoms with E-state index in [9.17, 15) is 9.18 Å². The summed E-state index contributed by atoms with van der Waals surface area (Å²) < 4.78 is 24.1. The molecule has 0 spiro atoms. The SMILES string of the molecule is CCOc1ccc(CN(C)C(=O)C2(c3ccc(F)cc3)CC2)cc1OC. The molecule has 0 heterocycles. The minimum atomic E-state index is -0.502. The van der Waals surface area contributed by atoms with E-state index < -0.39 is 5.41 Å². The summed E-state index contributed by atoms with van der Waals surface area (Å²) in [5, 5.41) is 0. The van der Waals surface area contributed by atoms with Gasteiger partial charge in [-0.3, -0.25) is 4.79 Å². The maximum atomic E-state index is 13.2. The fraction of sp³-hybridized carbons (Fsp3) is 0.381. The van der Waals surface area contributed by atoms with E-state index >= 15 is 0 Å². The van der Waals surface area contributed by atoms with E-state index in [0.717, 1.165) is 24.0 Å². The van der Waals surface area contributed by atoms with Crippen molar-refractivity contribution in [3.8, 4) is 11.5 Å². The number of carbonyl (C=O) groups is 1. The van der Waals surface area contributed by atoms with E-state index in [1.54, 1.807) is 31.2 Å². The molecule has 4 nitrogen and oxygen atoms in total. The Hall–Kier alpha value is -2.56. The van der Waals surface area contributed by atoms with Crippen LogP contribution in [0.15, 0.2) is 42.5 Å². The summed E-state index contributed by atoms with van der Waals surface area (Å²) in [5.41, 5.74) is 1.36. The van der Waals surface area contributed by atoms with Gasteiger partial charge in [0, 0.05) is 13.6 Å². The molecule has 5 heteroatoms. The van der Waals surface area contributed by atoms with Crippen molar-refractivity contribution in [2.45, 2.75) is 31.7 Å². The van der Waals surface area contributed by atoms with Crippen molar-refractivity contribution >= 4 is 5.91 Å². The zero-order chi connectivity index (χ0) is 18.7. The molecule has 0 bridgehead atoms. The summed E-state index contributed by atoms with van der Waals surface area (Å²) in [6, 6.07) is 12.0. The number of benzene rings is 2. The first-order valence-corrected chi connectivity index (χ1v) is 8.81. The molecule has 1 aliphatic rings. The summed E-state index contributed by atoms with van der Waals surface area (Å²) in [4.78, 5) is 14.7. The van der Waals surface area contributed by atoms with Crippen molar-refractivity contribution in [3.05, 3.63) is 59.4 Å². The number of ether oxygens (including phenoxy) is 2. The van der Waals surface area contributed by atoms with Crippen molar-refractivity contribution in [3.63, 3.8) is 0 Å². The largest absolute Gasteiger partial charge is 0.493 e.